The minimum Gasteiger partial charge on any atom is -0.505 e. The number of phenolic OH excluding ortho intramolecular Hbond substituents is 1. The van der Waals surface area contributed by atoms with Crippen molar-refractivity contribution in [3.8, 4) is 22.4 Å². The van der Waals surface area contributed by atoms with Crippen LogP contribution in [-0.4, -0.2) is 26.5 Å². The third-order valence-corrected chi connectivity index (χ3v) is 5.74. The summed E-state index contributed by atoms with van der Waals surface area (Å²) in [7, 11) is 0. The van der Waals surface area contributed by atoms with Crippen LogP contribution in [0.2, 0.25) is 5.02 Å². The van der Waals surface area contributed by atoms with Crippen molar-refractivity contribution in [1.82, 2.24) is 10.2 Å². The molecule has 0 radical (unpaired) electrons. The van der Waals surface area contributed by atoms with Crippen LogP contribution in [0.1, 0.15) is 29.1 Å². The Hall–Kier alpha value is -2.73. The molecule has 6 nitrogen and oxygen atoms in total. The Bertz CT molecular complexity index is 1060. The topological polar surface area (TPSA) is 102 Å². The molecule has 0 amide bonds. The first-order chi connectivity index (χ1) is 13.3. The predicted molar refractivity (Wildman–Crippen MR) is 106 cm³/mol. The van der Waals surface area contributed by atoms with Gasteiger partial charge in [0.2, 0.25) is 0 Å². The number of halogens is 2. The van der Waals surface area contributed by atoms with Gasteiger partial charge in [0.25, 0.3) is 0 Å². The van der Waals surface area contributed by atoms with Crippen LogP contribution in [-0.2, 0) is 0 Å². The number of aromatic hydroxyl groups is 1. The first-order valence-electron chi connectivity index (χ1n) is 8.28. The van der Waals surface area contributed by atoms with Crippen molar-refractivity contribution in [3.05, 3.63) is 57.3 Å². The number of nitrogens with zero attached hydrogens (tertiary/aromatic N) is 3. The maximum absolute atomic E-state index is 13.6. The van der Waals surface area contributed by atoms with E-state index in [0.29, 0.717) is 37.4 Å². The van der Waals surface area contributed by atoms with Gasteiger partial charge in [0, 0.05) is 11.3 Å². The molecular weight excluding hydrogens is 403 g/mol. The van der Waals surface area contributed by atoms with Crippen LogP contribution in [0.25, 0.3) is 10.6 Å². The minimum atomic E-state index is -0.814. The number of rotatable bonds is 5. The number of hydrogen-bond acceptors (Lipinski definition) is 7. The fourth-order valence-electron chi connectivity index (χ4n) is 2.60. The third kappa shape index (κ3) is 3.92. The summed E-state index contributed by atoms with van der Waals surface area (Å²) in [5, 5.41) is 41.3. The Morgan fingerprint density at radius 3 is 2.68 bits per heavy atom. The molecule has 0 saturated heterocycles. The van der Waals surface area contributed by atoms with E-state index in [1.807, 2.05) is 6.07 Å². The van der Waals surface area contributed by atoms with Crippen molar-refractivity contribution in [3.63, 3.8) is 0 Å². The molecule has 1 heterocycles. The Morgan fingerprint density at radius 1 is 1.29 bits per heavy atom. The van der Waals surface area contributed by atoms with Gasteiger partial charge in [-0.1, -0.05) is 22.9 Å². The van der Waals surface area contributed by atoms with Crippen LogP contribution < -0.4 is 5.32 Å². The lowest BCUT2D eigenvalue weighted by Gasteiger charge is -2.21. The molecule has 2 aromatic carbocycles. The van der Waals surface area contributed by atoms with E-state index in [9.17, 15) is 14.6 Å². The molecule has 144 valence electrons. The molecule has 3 N–H and O–H groups in total. The molecule has 0 bridgehead atoms. The summed E-state index contributed by atoms with van der Waals surface area (Å²) in [4.78, 5) is 0. The van der Waals surface area contributed by atoms with Gasteiger partial charge in [-0.2, -0.15) is 5.26 Å². The quantitative estimate of drug-likeness (QED) is 0.567. The standard InChI is InChI=1S/C19H16ClFN4O2S/c1-9-14(5-3-12(8-22)16(9)20)23-17(10(2)26)19-25-24-18(28-19)11-4-6-15(27)13(21)7-11/h3-7,10,17,23,26-27H,1-2H3/t10-,17+/m0/s1. The van der Waals surface area contributed by atoms with Gasteiger partial charge in [0.1, 0.15) is 22.1 Å². The summed E-state index contributed by atoms with van der Waals surface area (Å²) >= 11 is 7.41. The van der Waals surface area contributed by atoms with Gasteiger partial charge in [0.05, 0.1) is 16.7 Å². The van der Waals surface area contributed by atoms with Gasteiger partial charge < -0.3 is 15.5 Å². The first-order valence-corrected chi connectivity index (χ1v) is 9.47. The molecule has 2 atom stereocenters. The zero-order valence-electron chi connectivity index (χ0n) is 14.9. The number of aliphatic hydroxyl groups is 1. The molecule has 0 aliphatic rings. The second kappa shape index (κ2) is 8.10. The van der Waals surface area contributed by atoms with Crippen LogP contribution in [0.3, 0.4) is 0 Å². The molecule has 0 aliphatic heterocycles. The number of benzene rings is 2. The summed E-state index contributed by atoms with van der Waals surface area (Å²) in [6.07, 6.45) is -0.814. The number of hydrogen-bond donors (Lipinski definition) is 3. The molecule has 1 aromatic heterocycles. The van der Waals surface area contributed by atoms with Gasteiger partial charge in [-0.25, -0.2) is 4.39 Å². The molecule has 3 aromatic rings. The highest BCUT2D eigenvalue weighted by molar-refractivity contribution is 7.14. The SMILES string of the molecule is Cc1c(N[C@@H](c2nnc(-c3ccc(O)c(F)c3)s2)[C@H](C)O)ccc(C#N)c1Cl. The lowest BCUT2D eigenvalue weighted by molar-refractivity contribution is 0.172. The lowest BCUT2D eigenvalue weighted by Crippen LogP contribution is -2.23. The van der Waals surface area contributed by atoms with Crippen LogP contribution in [0.4, 0.5) is 10.1 Å². The Balaban J connectivity index is 1.92. The fraction of sp³-hybridized carbons (Fsp3) is 0.211. The molecule has 0 fully saturated rings. The second-order valence-corrected chi connectivity index (χ2v) is 7.57. The predicted octanol–water partition coefficient (Wildman–Crippen LogP) is 4.42. The van der Waals surface area contributed by atoms with E-state index < -0.39 is 23.7 Å². The van der Waals surface area contributed by atoms with Gasteiger partial charge in [-0.3, -0.25) is 0 Å². The summed E-state index contributed by atoms with van der Waals surface area (Å²) in [6.45, 7) is 3.38. The van der Waals surface area contributed by atoms with E-state index in [1.54, 1.807) is 26.0 Å². The molecule has 0 saturated carbocycles. The van der Waals surface area contributed by atoms with Gasteiger partial charge in [-0.05, 0) is 49.7 Å². The van der Waals surface area contributed by atoms with Crippen LogP contribution >= 0.6 is 22.9 Å². The normalized spacial score (nSPS) is 13.0. The number of aromatic nitrogens is 2. The summed E-state index contributed by atoms with van der Waals surface area (Å²) in [5.41, 5.74) is 2.17. The van der Waals surface area contributed by atoms with E-state index in [2.05, 4.69) is 15.5 Å². The third-order valence-electron chi connectivity index (χ3n) is 4.20. The first kappa shape index (κ1) is 20.0. The highest BCUT2D eigenvalue weighted by Crippen LogP contribution is 2.34. The van der Waals surface area contributed by atoms with Gasteiger partial charge in [0.15, 0.2) is 11.6 Å². The van der Waals surface area contributed by atoms with E-state index in [0.717, 1.165) is 0 Å². The number of aliphatic hydroxyl groups excluding tert-OH is 1. The second-order valence-electron chi connectivity index (χ2n) is 6.19. The van der Waals surface area contributed by atoms with E-state index in [4.69, 9.17) is 16.9 Å². The van der Waals surface area contributed by atoms with Crippen molar-refractivity contribution in [2.45, 2.75) is 26.0 Å². The van der Waals surface area contributed by atoms with Gasteiger partial charge >= 0.3 is 0 Å². The number of nitriles is 1. The average Bonchev–Trinajstić information content (AvgIpc) is 3.14. The van der Waals surface area contributed by atoms with E-state index in [1.165, 1.54) is 29.5 Å². The smallest absolute Gasteiger partial charge is 0.165 e. The summed E-state index contributed by atoms with van der Waals surface area (Å²) in [5.74, 6) is -1.19. The molecule has 9 heteroatoms. The molecule has 0 spiro atoms. The number of nitrogens with one attached hydrogen (secondary N) is 1. The van der Waals surface area contributed by atoms with Crippen molar-refractivity contribution in [1.29, 1.82) is 5.26 Å². The van der Waals surface area contributed by atoms with E-state index in [-0.39, 0.29) is 0 Å². The van der Waals surface area contributed by atoms with Crippen molar-refractivity contribution in [2.75, 3.05) is 5.32 Å². The highest BCUT2D eigenvalue weighted by Gasteiger charge is 2.24. The number of phenols is 1. The van der Waals surface area contributed by atoms with Crippen molar-refractivity contribution < 1.29 is 14.6 Å². The fourth-order valence-corrected chi connectivity index (χ4v) is 3.80. The Labute approximate surface area is 169 Å². The largest absolute Gasteiger partial charge is 0.505 e. The van der Waals surface area contributed by atoms with Crippen molar-refractivity contribution in [2.24, 2.45) is 0 Å². The van der Waals surface area contributed by atoms with Crippen molar-refractivity contribution >= 4 is 28.6 Å². The summed E-state index contributed by atoms with van der Waals surface area (Å²) in [6, 6.07) is 8.71. The van der Waals surface area contributed by atoms with E-state index >= 15 is 0 Å². The molecular formula is C19H16ClFN4O2S. The monoisotopic (exact) mass is 418 g/mol. The molecule has 0 unspecified atom stereocenters. The maximum Gasteiger partial charge on any atom is 0.165 e. The zero-order chi connectivity index (χ0) is 20.4. The maximum atomic E-state index is 13.6. The van der Waals surface area contributed by atoms with Crippen LogP contribution in [0.5, 0.6) is 5.75 Å². The molecule has 0 aliphatic carbocycles. The molecule has 28 heavy (non-hydrogen) atoms. The zero-order valence-corrected chi connectivity index (χ0v) is 16.5. The Kier molecular flexibility index (Phi) is 5.79. The molecule has 3 rings (SSSR count). The van der Waals surface area contributed by atoms with Gasteiger partial charge in [-0.15, -0.1) is 10.2 Å². The Morgan fingerprint density at radius 2 is 2.04 bits per heavy atom. The minimum absolute atomic E-state index is 0.342. The average molecular weight is 419 g/mol. The van der Waals surface area contributed by atoms with Crippen LogP contribution in [0.15, 0.2) is 30.3 Å². The summed E-state index contributed by atoms with van der Waals surface area (Å²) < 4.78 is 13.6. The lowest BCUT2D eigenvalue weighted by atomic mass is 10.1. The highest BCUT2D eigenvalue weighted by atomic mass is 35.5. The van der Waals surface area contributed by atoms with Crippen LogP contribution in [0, 0.1) is 24.1 Å². The number of anilines is 1.